The molecule has 1 N–H and O–H groups in total. The Balaban J connectivity index is 1.38. The van der Waals surface area contributed by atoms with Crippen molar-refractivity contribution in [3.63, 3.8) is 0 Å². The quantitative estimate of drug-likeness (QED) is 0.929. The highest BCUT2D eigenvalue weighted by atomic mass is 15.3. The second-order valence-corrected chi connectivity index (χ2v) is 7.01. The van der Waals surface area contributed by atoms with Gasteiger partial charge in [-0.1, -0.05) is 25.3 Å². The summed E-state index contributed by atoms with van der Waals surface area (Å²) in [4.78, 5) is 8.59. The number of rotatable bonds is 3. The minimum absolute atomic E-state index is 0.966. The molecular formula is C19H27N3. The van der Waals surface area contributed by atoms with E-state index >= 15 is 0 Å². The van der Waals surface area contributed by atoms with Crippen molar-refractivity contribution in [3.8, 4) is 0 Å². The number of nitrogens with zero attached hydrogens (tertiary/aromatic N) is 2. The topological polar surface area (TPSA) is 22.3 Å². The fraction of sp³-hybridized carbons (Fsp3) is 0.579. The lowest BCUT2D eigenvalue weighted by Crippen LogP contribution is -2.48. The van der Waals surface area contributed by atoms with Crippen LogP contribution in [0.5, 0.6) is 0 Å². The maximum Gasteiger partial charge on any atom is 0.0474 e. The zero-order valence-electron chi connectivity index (χ0n) is 13.4. The molecule has 4 rings (SSSR count). The number of nitrogens with one attached hydrogen (secondary N) is 1. The highest BCUT2D eigenvalue weighted by Crippen LogP contribution is 2.28. The Hall–Kier alpha value is -1.48. The molecule has 1 saturated carbocycles. The van der Waals surface area contributed by atoms with Gasteiger partial charge in [-0.05, 0) is 37.0 Å². The summed E-state index contributed by atoms with van der Waals surface area (Å²) in [6.45, 7) is 6.10. The molecule has 118 valence electrons. The van der Waals surface area contributed by atoms with Crippen LogP contribution >= 0.6 is 0 Å². The van der Waals surface area contributed by atoms with Gasteiger partial charge in [0.1, 0.15) is 0 Å². The molecule has 1 aromatic carbocycles. The lowest BCUT2D eigenvalue weighted by atomic mass is 9.89. The molecule has 0 atom stereocenters. The van der Waals surface area contributed by atoms with Gasteiger partial charge in [-0.3, -0.25) is 4.90 Å². The molecular weight excluding hydrogens is 270 g/mol. The molecule has 1 saturated heterocycles. The SMILES string of the molecule is c1cc(N2CCN(CC3CCCCC3)CC2)c2cc[nH]c2c1. The van der Waals surface area contributed by atoms with E-state index in [9.17, 15) is 0 Å². The van der Waals surface area contributed by atoms with Crippen LogP contribution in [0.4, 0.5) is 5.69 Å². The van der Waals surface area contributed by atoms with Crippen molar-refractivity contribution in [3.05, 3.63) is 30.5 Å². The van der Waals surface area contributed by atoms with Gasteiger partial charge in [-0.15, -0.1) is 0 Å². The second-order valence-electron chi connectivity index (χ2n) is 7.01. The van der Waals surface area contributed by atoms with Gasteiger partial charge in [-0.2, -0.15) is 0 Å². The van der Waals surface area contributed by atoms with E-state index in [1.165, 1.54) is 68.3 Å². The average molecular weight is 297 g/mol. The third-order valence-corrected chi connectivity index (χ3v) is 5.53. The smallest absolute Gasteiger partial charge is 0.0474 e. The highest BCUT2D eigenvalue weighted by molar-refractivity contribution is 5.92. The standard InChI is InChI=1S/C19H27N3/c1-2-5-16(6-3-1)15-21-11-13-22(14-12-21)19-8-4-7-18-17(19)9-10-20-18/h4,7-10,16,20H,1-3,5-6,11-15H2. The summed E-state index contributed by atoms with van der Waals surface area (Å²) in [5.41, 5.74) is 2.65. The van der Waals surface area contributed by atoms with Crippen molar-refractivity contribution in [2.75, 3.05) is 37.6 Å². The largest absolute Gasteiger partial charge is 0.368 e. The van der Waals surface area contributed by atoms with Gasteiger partial charge in [0, 0.05) is 55.5 Å². The summed E-state index contributed by atoms with van der Waals surface area (Å²) in [7, 11) is 0. The van der Waals surface area contributed by atoms with E-state index in [2.05, 4.69) is 39.0 Å². The first-order chi connectivity index (χ1) is 10.9. The van der Waals surface area contributed by atoms with Crippen molar-refractivity contribution in [2.24, 2.45) is 5.92 Å². The summed E-state index contributed by atoms with van der Waals surface area (Å²) < 4.78 is 0. The van der Waals surface area contributed by atoms with Gasteiger partial charge in [-0.25, -0.2) is 0 Å². The van der Waals surface area contributed by atoms with E-state index in [0.717, 1.165) is 19.0 Å². The molecule has 0 unspecified atom stereocenters. The Morgan fingerprint density at radius 2 is 1.77 bits per heavy atom. The molecule has 1 aliphatic heterocycles. The van der Waals surface area contributed by atoms with Crippen LogP contribution in [0.3, 0.4) is 0 Å². The van der Waals surface area contributed by atoms with Gasteiger partial charge >= 0.3 is 0 Å². The lowest BCUT2D eigenvalue weighted by molar-refractivity contribution is 0.192. The molecule has 2 aliphatic rings. The maximum atomic E-state index is 3.32. The number of benzene rings is 1. The van der Waals surface area contributed by atoms with Crippen molar-refractivity contribution >= 4 is 16.6 Å². The first kappa shape index (κ1) is 14.1. The molecule has 1 aliphatic carbocycles. The third kappa shape index (κ3) is 2.87. The Bertz CT molecular complexity index is 604. The minimum atomic E-state index is 0.966. The average Bonchev–Trinajstić information content (AvgIpc) is 3.05. The molecule has 0 spiro atoms. The maximum absolute atomic E-state index is 3.32. The number of anilines is 1. The van der Waals surface area contributed by atoms with Crippen LogP contribution in [0.25, 0.3) is 10.9 Å². The second kappa shape index (κ2) is 6.33. The van der Waals surface area contributed by atoms with Gasteiger partial charge in [0.2, 0.25) is 0 Å². The van der Waals surface area contributed by atoms with Gasteiger partial charge in [0.15, 0.2) is 0 Å². The van der Waals surface area contributed by atoms with Crippen LogP contribution in [-0.2, 0) is 0 Å². The fourth-order valence-electron chi connectivity index (χ4n) is 4.25. The number of aromatic nitrogens is 1. The molecule has 22 heavy (non-hydrogen) atoms. The summed E-state index contributed by atoms with van der Waals surface area (Å²) in [5, 5.41) is 1.36. The predicted molar refractivity (Wildman–Crippen MR) is 93.5 cm³/mol. The number of hydrogen-bond acceptors (Lipinski definition) is 2. The van der Waals surface area contributed by atoms with E-state index in [0.29, 0.717) is 0 Å². The number of hydrogen-bond donors (Lipinski definition) is 1. The molecule has 2 heterocycles. The summed E-state index contributed by atoms with van der Waals surface area (Å²) in [6, 6.07) is 8.81. The summed E-state index contributed by atoms with van der Waals surface area (Å²) in [6.07, 6.45) is 9.35. The van der Waals surface area contributed by atoms with E-state index in [-0.39, 0.29) is 0 Å². The zero-order chi connectivity index (χ0) is 14.8. The third-order valence-electron chi connectivity index (χ3n) is 5.53. The Kier molecular flexibility index (Phi) is 4.07. The predicted octanol–water partition coefficient (Wildman–Crippen LogP) is 3.87. The van der Waals surface area contributed by atoms with Crippen LogP contribution in [0.15, 0.2) is 30.5 Å². The Labute approximate surface area is 133 Å². The molecule has 0 amide bonds. The lowest BCUT2D eigenvalue weighted by Gasteiger charge is -2.38. The van der Waals surface area contributed by atoms with Crippen molar-refractivity contribution < 1.29 is 0 Å². The van der Waals surface area contributed by atoms with E-state index in [1.807, 2.05) is 6.20 Å². The number of piperazine rings is 1. The molecule has 2 fully saturated rings. The molecule has 1 aromatic heterocycles. The first-order valence-corrected chi connectivity index (χ1v) is 8.93. The van der Waals surface area contributed by atoms with Crippen LogP contribution in [-0.4, -0.2) is 42.6 Å². The molecule has 2 aromatic rings. The highest BCUT2D eigenvalue weighted by Gasteiger charge is 2.22. The van der Waals surface area contributed by atoms with E-state index < -0.39 is 0 Å². The van der Waals surface area contributed by atoms with Crippen molar-refractivity contribution in [1.82, 2.24) is 9.88 Å². The van der Waals surface area contributed by atoms with E-state index in [4.69, 9.17) is 0 Å². The minimum Gasteiger partial charge on any atom is -0.368 e. The van der Waals surface area contributed by atoms with Crippen LogP contribution < -0.4 is 4.90 Å². The number of fused-ring (bicyclic) bond motifs is 1. The summed E-state index contributed by atoms with van der Waals surface area (Å²) >= 11 is 0. The van der Waals surface area contributed by atoms with Crippen LogP contribution in [0.1, 0.15) is 32.1 Å². The molecule has 0 bridgehead atoms. The Morgan fingerprint density at radius 1 is 0.955 bits per heavy atom. The molecule has 3 nitrogen and oxygen atoms in total. The van der Waals surface area contributed by atoms with E-state index in [1.54, 1.807) is 0 Å². The number of aromatic amines is 1. The first-order valence-electron chi connectivity index (χ1n) is 8.93. The van der Waals surface area contributed by atoms with Crippen LogP contribution in [0, 0.1) is 5.92 Å². The Morgan fingerprint density at radius 3 is 2.59 bits per heavy atom. The van der Waals surface area contributed by atoms with Crippen molar-refractivity contribution in [2.45, 2.75) is 32.1 Å². The zero-order valence-corrected chi connectivity index (χ0v) is 13.4. The fourth-order valence-corrected chi connectivity index (χ4v) is 4.25. The molecule has 3 heteroatoms. The van der Waals surface area contributed by atoms with Crippen LogP contribution in [0.2, 0.25) is 0 Å². The monoisotopic (exact) mass is 297 g/mol. The van der Waals surface area contributed by atoms with Gasteiger partial charge in [0.25, 0.3) is 0 Å². The molecule has 0 radical (unpaired) electrons. The number of H-pyrrole nitrogens is 1. The van der Waals surface area contributed by atoms with Gasteiger partial charge < -0.3 is 9.88 Å². The van der Waals surface area contributed by atoms with Gasteiger partial charge in [0.05, 0.1) is 0 Å². The summed E-state index contributed by atoms with van der Waals surface area (Å²) in [5.74, 6) is 0.966. The van der Waals surface area contributed by atoms with Crippen molar-refractivity contribution in [1.29, 1.82) is 0 Å². The normalized spacial score (nSPS) is 21.5.